The first kappa shape index (κ1) is 26.4. The molecule has 1 atom stereocenters. The Kier molecular flexibility index (Phi) is 9.85. The van der Waals surface area contributed by atoms with E-state index in [0.29, 0.717) is 11.8 Å². The average molecular weight is 481 g/mol. The summed E-state index contributed by atoms with van der Waals surface area (Å²) in [6.45, 7) is 6.98. The molecule has 2 saturated heterocycles. The van der Waals surface area contributed by atoms with Crippen LogP contribution in [0.25, 0.3) is 0 Å². The van der Waals surface area contributed by atoms with Gasteiger partial charge < -0.3 is 15.1 Å². The molecular weight excluding hydrogens is 444 g/mol. The quantitative estimate of drug-likeness (QED) is 0.631. The number of hydrogen-bond acceptors (Lipinski definition) is 4. The van der Waals surface area contributed by atoms with Crippen LogP contribution in [0.2, 0.25) is 0 Å². The highest BCUT2D eigenvalue weighted by molar-refractivity contribution is 6.27. The number of rotatable bonds is 5. The number of carbonyl (C=O) groups excluding carboxylic acids is 1. The zero-order valence-electron chi connectivity index (χ0n) is 20.4. The van der Waals surface area contributed by atoms with Gasteiger partial charge in [-0.25, -0.2) is 9.59 Å². The number of carboxylic acid groups (broad SMARTS) is 2. The monoisotopic (exact) mass is 480 g/mol. The molecule has 1 amide bonds. The lowest BCUT2D eigenvalue weighted by atomic mass is 9.89. The van der Waals surface area contributed by atoms with E-state index >= 15 is 0 Å². The fraction of sp³-hybridized carbons (Fsp3) is 0.464. The summed E-state index contributed by atoms with van der Waals surface area (Å²) >= 11 is 0. The Labute approximate surface area is 207 Å². The lowest BCUT2D eigenvalue weighted by molar-refractivity contribution is -0.159. The van der Waals surface area contributed by atoms with Crippen LogP contribution in [0.5, 0.6) is 0 Å². The molecule has 188 valence electrons. The number of hydrogen-bond donors (Lipinski definition) is 2. The highest BCUT2D eigenvalue weighted by atomic mass is 16.4. The number of benzene rings is 2. The van der Waals surface area contributed by atoms with E-state index < -0.39 is 11.9 Å². The third-order valence-electron chi connectivity index (χ3n) is 6.86. The Morgan fingerprint density at radius 3 is 2.06 bits per heavy atom. The van der Waals surface area contributed by atoms with Crippen molar-refractivity contribution in [2.45, 2.75) is 45.6 Å². The van der Waals surface area contributed by atoms with Gasteiger partial charge in [0, 0.05) is 26.2 Å². The van der Waals surface area contributed by atoms with Crippen LogP contribution in [0.3, 0.4) is 0 Å². The van der Waals surface area contributed by atoms with Gasteiger partial charge in [-0.1, -0.05) is 60.2 Å². The maximum atomic E-state index is 13.2. The summed E-state index contributed by atoms with van der Waals surface area (Å²) in [7, 11) is 0. The minimum absolute atomic E-state index is 0.180. The van der Waals surface area contributed by atoms with Crippen molar-refractivity contribution < 1.29 is 24.6 Å². The Morgan fingerprint density at radius 1 is 0.829 bits per heavy atom. The average Bonchev–Trinajstić information content (AvgIpc) is 2.87. The van der Waals surface area contributed by atoms with E-state index in [9.17, 15) is 4.79 Å². The molecule has 4 rings (SSSR count). The van der Waals surface area contributed by atoms with Crippen LogP contribution < -0.4 is 0 Å². The van der Waals surface area contributed by atoms with Gasteiger partial charge in [0.1, 0.15) is 0 Å². The number of aryl methyl sites for hydroxylation is 1. The van der Waals surface area contributed by atoms with Crippen molar-refractivity contribution in [3.63, 3.8) is 0 Å². The van der Waals surface area contributed by atoms with E-state index in [4.69, 9.17) is 19.8 Å². The third kappa shape index (κ3) is 8.51. The molecule has 2 aliphatic rings. The molecule has 2 heterocycles. The van der Waals surface area contributed by atoms with Gasteiger partial charge in [0.2, 0.25) is 5.91 Å². The van der Waals surface area contributed by atoms with Crippen molar-refractivity contribution in [3.05, 3.63) is 71.3 Å². The minimum Gasteiger partial charge on any atom is -0.473 e. The topological polar surface area (TPSA) is 98.2 Å². The Morgan fingerprint density at radius 2 is 1.46 bits per heavy atom. The van der Waals surface area contributed by atoms with E-state index in [1.54, 1.807) is 0 Å². The van der Waals surface area contributed by atoms with Crippen LogP contribution in [0, 0.1) is 18.8 Å². The molecular formula is C28H36N2O5. The van der Waals surface area contributed by atoms with Crippen molar-refractivity contribution in [2.24, 2.45) is 11.8 Å². The largest absolute Gasteiger partial charge is 0.473 e. The first-order valence-electron chi connectivity index (χ1n) is 12.4. The van der Waals surface area contributed by atoms with E-state index in [-0.39, 0.29) is 5.92 Å². The summed E-state index contributed by atoms with van der Waals surface area (Å²) in [5.74, 6) is -2.35. The van der Waals surface area contributed by atoms with E-state index in [2.05, 4.69) is 71.3 Å². The van der Waals surface area contributed by atoms with Crippen LogP contribution in [0.4, 0.5) is 0 Å². The predicted octanol–water partition coefficient (Wildman–Crippen LogP) is 3.84. The third-order valence-corrected chi connectivity index (χ3v) is 6.86. The normalized spacial score (nSPS) is 18.9. The number of carbonyl (C=O) groups is 3. The van der Waals surface area contributed by atoms with E-state index in [0.717, 1.165) is 64.8 Å². The second-order valence-electron chi connectivity index (χ2n) is 9.63. The number of nitrogens with zero attached hydrogens (tertiary/aromatic N) is 2. The number of amides is 1. The number of carboxylic acids is 2. The summed E-state index contributed by atoms with van der Waals surface area (Å²) in [6.07, 6.45) is 5.61. The Hall–Kier alpha value is -3.19. The maximum absolute atomic E-state index is 13.2. The van der Waals surface area contributed by atoms with Crippen molar-refractivity contribution >= 4 is 17.8 Å². The van der Waals surface area contributed by atoms with E-state index in [1.807, 2.05) is 0 Å². The lowest BCUT2D eigenvalue weighted by Crippen LogP contribution is -2.47. The van der Waals surface area contributed by atoms with Crippen molar-refractivity contribution in [2.75, 3.05) is 26.2 Å². The Balaban J connectivity index is 0.000000509. The molecule has 0 bridgehead atoms. The number of likely N-dealkylation sites (tertiary alicyclic amines) is 2. The zero-order valence-corrected chi connectivity index (χ0v) is 20.4. The summed E-state index contributed by atoms with van der Waals surface area (Å²) in [5, 5.41) is 14.8. The Bertz CT molecular complexity index is 957. The lowest BCUT2D eigenvalue weighted by Gasteiger charge is -2.38. The van der Waals surface area contributed by atoms with Crippen LogP contribution in [-0.2, 0) is 27.3 Å². The van der Waals surface area contributed by atoms with Crippen LogP contribution >= 0.6 is 0 Å². The molecule has 2 aromatic rings. The summed E-state index contributed by atoms with van der Waals surface area (Å²) < 4.78 is 0. The first-order valence-corrected chi connectivity index (χ1v) is 12.4. The molecule has 7 nitrogen and oxygen atoms in total. The van der Waals surface area contributed by atoms with Gasteiger partial charge in [-0.2, -0.15) is 0 Å². The molecule has 0 aliphatic carbocycles. The molecule has 2 aromatic carbocycles. The van der Waals surface area contributed by atoms with Crippen molar-refractivity contribution in [1.82, 2.24) is 9.80 Å². The van der Waals surface area contributed by atoms with Crippen LogP contribution in [-0.4, -0.2) is 64.0 Å². The molecule has 2 N–H and O–H groups in total. The van der Waals surface area contributed by atoms with Crippen LogP contribution in [0.15, 0.2) is 54.6 Å². The van der Waals surface area contributed by atoms with E-state index in [1.165, 1.54) is 16.7 Å². The van der Waals surface area contributed by atoms with Crippen molar-refractivity contribution in [3.8, 4) is 0 Å². The molecule has 2 fully saturated rings. The first-order chi connectivity index (χ1) is 16.8. The second-order valence-corrected chi connectivity index (χ2v) is 9.63. The van der Waals surface area contributed by atoms with Crippen LogP contribution in [0.1, 0.15) is 42.4 Å². The predicted molar refractivity (Wildman–Crippen MR) is 134 cm³/mol. The van der Waals surface area contributed by atoms with Crippen molar-refractivity contribution in [1.29, 1.82) is 0 Å². The zero-order chi connectivity index (χ0) is 25.2. The second kappa shape index (κ2) is 13.0. The smallest absolute Gasteiger partial charge is 0.414 e. The van der Waals surface area contributed by atoms with Gasteiger partial charge in [0.25, 0.3) is 0 Å². The summed E-state index contributed by atoms with van der Waals surface area (Å²) in [4.78, 5) is 36.0. The molecule has 0 saturated carbocycles. The number of piperidine rings is 2. The summed E-state index contributed by atoms with van der Waals surface area (Å²) in [5.41, 5.74) is 4.08. The molecule has 0 aromatic heterocycles. The van der Waals surface area contributed by atoms with Gasteiger partial charge in [-0.15, -0.1) is 0 Å². The molecule has 0 spiro atoms. The molecule has 0 radical (unpaired) electrons. The highest BCUT2D eigenvalue weighted by Gasteiger charge is 2.31. The van der Waals surface area contributed by atoms with Gasteiger partial charge in [-0.05, 0) is 62.6 Å². The fourth-order valence-corrected chi connectivity index (χ4v) is 4.92. The van der Waals surface area contributed by atoms with Gasteiger partial charge in [0.05, 0.1) is 5.92 Å². The molecule has 35 heavy (non-hydrogen) atoms. The highest BCUT2D eigenvalue weighted by Crippen LogP contribution is 2.26. The van der Waals surface area contributed by atoms with Gasteiger partial charge in [-0.3, -0.25) is 9.69 Å². The fourth-order valence-electron chi connectivity index (χ4n) is 4.92. The standard InChI is InChI=1S/C26H34N2O.C2H2O4/c1-21-9-11-24(12-10-21)19-27-15-5-8-25(20-27)26(29)28-16-13-23(14-17-28)18-22-6-3-2-4-7-22;3-1(4)2(5)6/h2-4,6-7,9-12,23,25H,5,8,13-20H2,1H3;(H,3,4)(H,5,6). The summed E-state index contributed by atoms with van der Waals surface area (Å²) in [6, 6.07) is 19.6. The van der Waals surface area contributed by atoms with Gasteiger partial charge in [0.15, 0.2) is 0 Å². The molecule has 7 heteroatoms. The minimum atomic E-state index is -1.82. The van der Waals surface area contributed by atoms with Gasteiger partial charge >= 0.3 is 11.9 Å². The number of aliphatic carboxylic acids is 2. The molecule has 2 aliphatic heterocycles. The maximum Gasteiger partial charge on any atom is 0.414 e. The SMILES string of the molecule is Cc1ccc(CN2CCCC(C(=O)N3CCC(Cc4ccccc4)CC3)C2)cc1.O=C(O)C(=O)O. The molecule has 1 unspecified atom stereocenters.